The predicted molar refractivity (Wildman–Crippen MR) is 88.5 cm³/mol. The fourth-order valence-corrected chi connectivity index (χ4v) is 2.23. The standard InChI is InChI=1S/C17H16N4O/c18-16-15-7-6-14(10-13(15)8-9-19-16)21-17(22)20-11-12-4-2-1-3-5-12/h1-10H,11H2,(H2,18,19)(H2,20,21,22). The van der Waals surface area contributed by atoms with Crippen LogP contribution >= 0.6 is 0 Å². The number of pyridine rings is 1. The summed E-state index contributed by atoms with van der Waals surface area (Å²) >= 11 is 0. The van der Waals surface area contributed by atoms with Crippen LogP contribution in [-0.4, -0.2) is 11.0 Å². The summed E-state index contributed by atoms with van der Waals surface area (Å²) < 4.78 is 0. The summed E-state index contributed by atoms with van der Waals surface area (Å²) in [4.78, 5) is 16.0. The number of carbonyl (C=O) groups is 1. The van der Waals surface area contributed by atoms with Crippen molar-refractivity contribution in [3.8, 4) is 0 Å². The summed E-state index contributed by atoms with van der Waals surface area (Å²) in [7, 11) is 0. The van der Waals surface area contributed by atoms with Gasteiger partial charge in [0.15, 0.2) is 0 Å². The lowest BCUT2D eigenvalue weighted by atomic mass is 10.1. The van der Waals surface area contributed by atoms with Crippen molar-refractivity contribution >= 4 is 28.3 Å². The molecule has 5 nitrogen and oxygen atoms in total. The number of nitrogens with one attached hydrogen (secondary N) is 2. The van der Waals surface area contributed by atoms with E-state index in [0.29, 0.717) is 18.1 Å². The quantitative estimate of drug-likeness (QED) is 0.693. The summed E-state index contributed by atoms with van der Waals surface area (Å²) in [5.41, 5.74) is 7.57. The van der Waals surface area contributed by atoms with E-state index in [-0.39, 0.29) is 6.03 Å². The monoisotopic (exact) mass is 292 g/mol. The molecule has 2 aromatic carbocycles. The van der Waals surface area contributed by atoms with Crippen LogP contribution in [0.25, 0.3) is 10.8 Å². The minimum Gasteiger partial charge on any atom is -0.383 e. The Hall–Kier alpha value is -3.08. The minimum atomic E-state index is -0.245. The number of anilines is 2. The molecule has 0 aliphatic rings. The molecule has 2 amide bonds. The Morgan fingerprint density at radius 2 is 1.91 bits per heavy atom. The second-order valence-corrected chi connectivity index (χ2v) is 4.93. The first-order valence-corrected chi connectivity index (χ1v) is 6.95. The highest BCUT2D eigenvalue weighted by atomic mass is 16.2. The van der Waals surface area contributed by atoms with Gasteiger partial charge in [-0.05, 0) is 35.2 Å². The Bertz CT molecular complexity index is 802. The maximum atomic E-state index is 11.9. The highest BCUT2D eigenvalue weighted by Crippen LogP contribution is 2.22. The molecule has 0 saturated heterocycles. The first-order chi connectivity index (χ1) is 10.7. The third-order valence-electron chi connectivity index (χ3n) is 3.35. The molecule has 0 bridgehead atoms. The number of rotatable bonds is 3. The number of hydrogen-bond acceptors (Lipinski definition) is 3. The van der Waals surface area contributed by atoms with Crippen LogP contribution in [0, 0.1) is 0 Å². The van der Waals surface area contributed by atoms with Crippen molar-refractivity contribution in [2.45, 2.75) is 6.54 Å². The fraction of sp³-hybridized carbons (Fsp3) is 0.0588. The van der Waals surface area contributed by atoms with Gasteiger partial charge < -0.3 is 16.4 Å². The second-order valence-electron chi connectivity index (χ2n) is 4.93. The second kappa shape index (κ2) is 6.13. The van der Waals surface area contributed by atoms with Crippen molar-refractivity contribution in [2.75, 3.05) is 11.1 Å². The van der Waals surface area contributed by atoms with Gasteiger partial charge >= 0.3 is 6.03 Å². The van der Waals surface area contributed by atoms with Gasteiger partial charge in [0, 0.05) is 23.8 Å². The molecule has 0 radical (unpaired) electrons. The zero-order valence-corrected chi connectivity index (χ0v) is 11.9. The Morgan fingerprint density at radius 3 is 2.73 bits per heavy atom. The van der Waals surface area contributed by atoms with Gasteiger partial charge in [-0.25, -0.2) is 9.78 Å². The summed E-state index contributed by atoms with van der Waals surface area (Å²) in [6.07, 6.45) is 1.65. The lowest BCUT2D eigenvalue weighted by Crippen LogP contribution is -2.28. The average molecular weight is 292 g/mol. The van der Waals surface area contributed by atoms with Gasteiger partial charge in [0.2, 0.25) is 0 Å². The lowest BCUT2D eigenvalue weighted by Gasteiger charge is -2.09. The van der Waals surface area contributed by atoms with Gasteiger partial charge in [0.05, 0.1) is 0 Å². The van der Waals surface area contributed by atoms with Crippen molar-refractivity contribution in [3.05, 3.63) is 66.4 Å². The number of urea groups is 1. The number of benzene rings is 2. The molecule has 5 heteroatoms. The summed E-state index contributed by atoms with van der Waals surface area (Å²) in [6.45, 7) is 0.483. The number of nitrogens with two attached hydrogens (primary N) is 1. The van der Waals surface area contributed by atoms with Crippen LogP contribution in [0.15, 0.2) is 60.8 Å². The number of hydrogen-bond donors (Lipinski definition) is 3. The van der Waals surface area contributed by atoms with Crippen molar-refractivity contribution in [2.24, 2.45) is 0 Å². The molecule has 0 unspecified atom stereocenters. The van der Waals surface area contributed by atoms with Crippen LogP contribution in [0.1, 0.15) is 5.56 Å². The van der Waals surface area contributed by atoms with Crippen molar-refractivity contribution in [1.82, 2.24) is 10.3 Å². The number of nitrogen functional groups attached to an aromatic ring is 1. The Balaban J connectivity index is 1.66. The first kappa shape index (κ1) is 13.9. The normalized spacial score (nSPS) is 10.4. The number of carbonyl (C=O) groups excluding carboxylic acids is 1. The topological polar surface area (TPSA) is 80.0 Å². The lowest BCUT2D eigenvalue weighted by molar-refractivity contribution is 0.251. The SMILES string of the molecule is Nc1nccc2cc(NC(=O)NCc3ccccc3)ccc12. The molecule has 0 aliphatic heterocycles. The Labute approximate surface area is 128 Å². The molecular formula is C17H16N4O. The zero-order valence-electron chi connectivity index (χ0n) is 11.9. The van der Waals surface area contributed by atoms with Gasteiger partial charge in [-0.3, -0.25) is 0 Å². The molecule has 0 fully saturated rings. The number of fused-ring (bicyclic) bond motifs is 1. The Kier molecular flexibility index (Phi) is 3.87. The number of aromatic nitrogens is 1. The molecule has 1 aromatic heterocycles. The van der Waals surface area contributed by atoms with Crippen molar-refractivity contribution in [1.29, 1.82) is 0 Å². The third kappa shape index (κ3) is 3.15. The largest absolute Gasteiger partial charge is 0.383 e. The molecular weight excluding hydrogens is 276 g/mol. The molecule has 0 saturated carbocycles. The van der Waals surface area contributed by atoms with Gasteiger partial charge in [-0.15, -0.1) is 0 Å². The van der Waals surface area contributed by atoms with Gasteiger partial charge in [0.25, 0.3) is 0 Å². The van der Waals surface area contributed by atoms with Gasteiger partial charge in [-0.2, -0.15) is 0 Å². The van der Waals surface area contributed by atoms with Crippen LogP contribution in [-0.2, 0) is 6.54 Å². The van der Waals surface area contributed by atoms with Crippen LogP contribution in [0.4, 0.5) is 16.3 Å². The van der Waals surface area contributed by atoms with Gasteiger partial charge in [-0.1, -0.05) is 30.3 Å². The molecule has 0 aliphatic carbocycles. The molecule has 1 heterocycles. The Morgan fingerprint density at radius 1 is 1.09 bits per heavy atom. The minimum absolute atomic E-state index is 0.245. The smallest absolute Gasteiger partial charge is 0.319 e. The van der Waals surface area contributed by atoms with E-state index >= 15 is 0 Å². The molecule has 22 heavy (non-hydrogen) atoms. The van der Waals surface area contributed by atoms with E-state index in [1.165, 1.54) is 0 Å². The van der Waals surface area contributed by atoms with Crippen LogP contribution < -0.4 is 16.4 Å². The fourth-order valence-electron chi connectivity index (χ4n) is 2.23. The molecule has 0 atom stereocenters. The molecule has 3 aromatic rings. The zero-order chi connectivity index (χ0) is 15.4. The van der Waals surface area contributed by atoms with E-state index in [4.69, 9.17) is 5.73 Å². The van der Waals surface area contributed by atoms with E-state index in [2.05, 4.69) is 15.6 Å². The van der Waals surface area contributed by atoms with E-state index in [0.717, 1.165) is 16.3 Å². The summed E-state index contributed by atoms with van der Waals surface area (Å²) in [5, 5.41) is 7.44. The molecule has 0 spiro atoms. The molecule has 4 N–H and O–H groups in total. The van der Waals surface area contributed by atoms with E-state index in [1.54, 1.807) is 6.20 Å². The van der Waals surface area contributed by atoms with E-state index in [9.17, 15) is 4.79 Å². The number of nitrogens with zero attached hydrogens (tertiary/aromatic N) is 1. The highest BCUT2D eigenvalue weighted by Gasteiger charge is 2.04. The van der Waals surface area contributed by atoms with Crippen LogP contribution in [0.2, 0.25) is 0 Å². The molecule has 3 rings (SSSR count). The highest BCUT2D eigenvalue weighted by molar-refractivity contribution is 5.96. The summed E-state index contributed by atoms with van der Waals surface area (Å²) in [5.74, 6) is 0.484. The average Bonchev–Trinajstić information content (AvgIpc) is 2.54. The third-order valence-corrected chi connectivity index (χ3v) is 3.35. The maximum absolute atomic E-state index is 11.9. The molecule has 110 valence electrons. The van der Waals surface area contributed by atoms with Crippen LogP contribution in [0.5, 0.6) is 0 Å². The maximum Gasteiger partial charge on any atom is 0.319 e. The van der Waals surface area contributed by atoms with Gasteiger partial charge in [0.1, 0.15) is 5.82 Å². The van der Waals surface area contributed by atoms with Crippen molar-refractivity contribution < 1.29 is 4.79 Å². The number of amides is 2. The van der Waals surface area contributed by atoms with E-state index in [1.807, 2.05) is 54.6 Å². The van der Waals surface area contributed by atoms with E-state index < -0.39 is 0 Å². The van der Waals surface area contributed by atoms with Crippen molar-refractivity contribution in [3.63, 3.8) is 0 Å². The first-order valence-electron chi connectivity index (χ1n) is 6.95. The predicted octanol–water partition coefficient (Wildman–Crippen LogP) is 3.14. The van der Waals surface area contributed by atoms with Crippen LogP contribution in [0.3, 0.4) is 0 Å². The summed E-state index contributed by atoms with van der Waals surface area (Å²) in [6, 6.07) is 16.9.